The van der Waals surface area contributed by atoms with Gasteiger partial charge in [-0.1, -0.05) is 0 Å². The number of carbonyl (C=O) groups excluding carboxylic acids is 1. The fourth-order valence-electron chi connectivity index (χ4n) is 4.37. The van der Waals surface area contributed by atoms with Gasteiger partial charge in [0.1, 0.15) is 23.3 Å². The Morgan fingerprint density at radius 3 is 2.61 bits per heavy atom. The van der Waals surface area contributed by atoms with Crippen molar-refractivity contribution in [3.63, 3.8) is 0 Å². The predicted molar refractivity (Wildman–Crippen MR) is 109 cm³/mol. The summed E-state index contributed by atoms with van der Waals surface area (Å²) in [6.07, 6.45) is 3.80. The van der Waals surface area contributed by atoms with Gasteiger partial charge in [-0.25, -0.2) is 4.98 Å². The summed E-state index contributed by atoms with van der Waals surface area (Å²) in [4.78, 5) is 24.7. The number of hydrogen-bond acceptors (Lipinski definition) is 6. The maximum Gasteiger partial charge on any atom is 0.290 e. The Balaban J connectivity index is 1.38. The van der Waals surface area contributed by atoms with Crippen molar-refractivity contribution in [2.24, 2.45) is 0 Å². The highest BCUT2D eigenvalue weighted by Crippen LogP contribution is 2.36. The van der Waals surface area contributed by atoms with Gasteiger partial charge in [0.2, 0.25) is 5.91 Å². The minimum Gasteiger partial charge on any atom is -0.497 e. The molecule has 2 aromatic heterocycles. The zero-order valence-electron chi connectivity index (χ0n) is 17.2. The zero-order valence-corrected chi connectivity index (χ0v) is 17.2. The molecule has 2 aromatic rings. The number of nitrogens with zero attached hydrogens (tertiary/aromatic N) is 5. The zero-order chi connectivity index (χ0) is 22.0. The fraction of sp³-hybridized carbons (Fsp3) is 0.455. The molecule has 0 N–H and O–H groups in total. The lowest BCUT2D eigenvalue weighted by Gasteiger charge is -2.42. The maximum atomic E-state index is 14.6. The molecule has 1 amide bonds. The standard InChI is InChI=1S/C22H23F2N5O2/c1-31-18-7-9-26-19(10-18)22(23,24)8-6-21(30)28-13-16-3-4-17(14-28)29(16)20-5-2-15(11-25)12-27-20/h2,5,7,9-10,12,16-17H,3-4,6,8,13-14H2,1H3. The van der Waals surface area contributed by atoms with Crippen molar-refractivity contribution < 1.29 is 18.3 Å². The highest BCUT2D eigenvalue weighted by Gasteiger charge is 2.42. The number of amides is 1. The number of piperazine rings is 1. The molecule has 31 heavy (non-hydrogen) atoms. The normalized spacial score (nSPS) is 20.5. The molecule has 2 aliphatic heterocycles. The third-order valence-electron chi connectivity index (χ3n) is 5.97. The van der Waals surface area contributed by atoms with Gasteiger partial charge in [-0.15, -0.1) is 0 Å². The number of likely N-dealkylation sites (tertiary alicyclic amines) is 1. The maximum absolute atomic E-state index is 14.6. The number of anilines is 1. The molecule has 2 aliphatic rings. The average Bonchev–Trinajstić information content (AvgIpc) is 3.06. The smallest absolute Gasteiger partial charge is 0.290 e. The number of pyridine rings is 2. The number of alkyl halides is 2. The van der Waals surface area contributed by atoms with Crippen LogP contribution in [-0.4, -0.2) is 53.1 Å². The van der Waals surface area contributed by atoms with Gasteiger partial charge in [0.25, 0.3) is 5.92 Å². The van der Waals surface area contributed by atoms with Crippen molar-refractivity contribution >= 4 is 11.7 Å². The number of fused-ring (bicyclic) bond motifs is 2. The Hall–Kier alpha value is -3.28. The van der Waals surface area contributed by atoms with Crippen molar-refractivity contribution in [1.82, 2.24) is 14.9 Å². The molecule has 2 saturated heterocycles. The van der Waals surface area contributed by atoms with Crippen LogP contribution in [0, 0.1) is 11.3 Å². The van der Waals surface area contributed by atoms with E-state index in [4.69, 9.17) is 10.00 Å². The van der Waals surface area contributed by atoms with Crippen LogP contribution in [0.3, 0.4) is 0 Å². The molecule has 0 saturated carbocycles. The number of hydrogen-bond donors (Lipinski definition) is 0. The second-order valence-corrected chi connectivity index (χ2v) is 7.89. The predicted octanol–water partition coefficient (Wildman–Crippen LogP) is 3.11. The summed E-state index contributed by atoms with van der Waals surface area (Å²) in [5.41, 5.74) is 0.104. The quantitative estimate of drug-likeness (QED) is 0.705. The van der Waals surface area contributed by atoms with Crippen molar-refractivity contribution in [3.8, 4) is 11.8 Å². The molecule has 9 heteroatoms. The number of halogens is 2. The lowest BCUT2D eigenvalue weighted by atomic mass is 10.1. The van der Waals surface area contributed by atoms with Crippen molar-refractivity contribution in [2.45, 2.75) is 43.7 Å². The van der Waals surface area contributed by atoms with Crippen LogP contribution in [0.4, 0.5) is 14.6 Å². The number of ether oxygens (including phenoxy) is 1. The molecule has 4 rings (SSSR count). The third kappa shape index (κ3) is 4.29. The van der Waals surface area contributed by atoms with Crippen LogP contribution in [0.1, 0.15) is 36.9 Å². The molecule has 0 aromatic carbocycles. The molecule has 2 fully saturated rings. The van der Waals surface area contributed by atoms with Gasteiger partial charge in [-0.05, 0) is 31.0 Å². The van der Waals surface area contributed by atoms with E-state index in [2.05, 4.69) is 20.9 Å². The van der Waals surface area contributed by atoms with E-state index in [0.717, 1.165) is 18.7 Å². The molecule has 2 unspecified atom stereocenters. The molecule has 2 atom stereocenters. The molecule has 7 nitrogen and oxygen atoms in total. The molecule has 0 spiro atoms. The first kappa shape index (κ1) is 21.0. The summed E-state index contributed by atoms with van der Waals surface area (Å²) in [6, 6.07) is 8.51. The van der Waals surface area contributed by atoms with E-state index >= 15 is 0 Å². The minimum absolute atomic E-state index is 0.101. The Morgan fingerprint density at radius 1 is 1.26 bits per heavy atom. The second-order valence-electron chi connectivity index (χ2n) is 7.89. The molecule has 4 heterocycles. The Kier molecular flexibility index (Phi) is 5.72. The average molecular weight is 427 g/mol. The van der Waals surface area contributed by atoms with Gasteiger partial charge < -0.3 is 14.5 Å². The lowest BCUT2D eigenvalue weighted by molar-refractivity contribution is -0.134. The van der Waals surface area contributed by atoms with E-state index < -0.39 is 18.0 Å². The number of rotatable bonds is 6. The summed E-state index contributed by atoms with van der Waals surface area (Å²) in [7, 11) is 1.40. The third-order valence-corrected chi connectivity index (χ3v) is 5.97. The monoisotopic (exact) mass is 427 g/mol. The number of carbonyl (C=O) groups is 1. The summed E-state index contributed by atoms with van der Waals surface area (Å²) < 4.78 is 34.2. The van der Waals surface area contributed by atoms with Crippen molar-refractivity contribution in [2.75, 3.05) is 25.1 Å². The number of aromatic nitrogens is 2. The highest BCUT2D eigenvalue weighted by atomic mass is 19.3. The minimum atomic E-state index is -3.21. The van der Waals surface area contributed by atoms with E-state index in [1.165, 1.54) is 25.4 Å². The second kappa shape index (κ2) is 8.46. The Bertz CT molecular complexity index is 978. The summed E-state index contributed by atoms with van der Waals surface area (Å²) >= 11 is 0. The van der Waals surface area contributed by atoms with Gasteiger partial charge in [-0.3, -0.25) is 9.78 Å². The van der Waals surface area contributed by atoms with Crippen LogP contribution in [-0.2, 0) is 10.7 Å². The summed E-state index contributed by atoms with van der Waals surface area (Å²) in [5.74, 6) is -2.39. The molecular weight excluding hydrogens is 404 g/mol. The van der Waals surface area contributed by atoms with Crippen LogP contribution in [0.15, 0.2) is 36.7 Å². The van der Waals surface area contributed by atoms with Gasteiger partial charge in [0.15, 0.2) is 0 Å². The van der Waals surface area contributed by atoms with Gasteiger partial charge in [-0.2, -0.15) is 14.0 Å². The van der Waals surface area contributed by atoms with Gasteiger partial charge in [0, 0.05) is 56.5 Å². The summed E-state index contributed by atoms with van der Waals surface area (Å²) in [6.45, 7) is 0.972. The van der Waals surface area contributed by atoms with Crippen molar-refractivity contribution in [1.29, 1.82) is 5.26 Å². The van der Waals surface area contributed by atoms with E-state index in [0.29, 0.717) is 24.4 Å². The largest absolute Gasteiger partial charge is 0.497 e. The Labute approximate surface area is 179 Å². The van der Waals surface area contributed by atoms with Crippen LogP contribution < -0.4 is 9.64 Å². The van der Waals surface area contributed by atoms with Crippen LogP contribution in [0.25, 0.3) is 0 Å². The van der Waals surface area contributed by atoms with Crippen molar-refractivity contribution in [3.05, 3.63) is 47.9 Å². The first-order valence-electron chi connectivity index (χ1n) is 10.2. The highest BCUT2D eigenvalue weighted by molar-refractivity contribution is 5.77. The summed E-state index contributed by atoms with van der Waals surface area (Å²) in [5, 5.41) is 8.95. The SMILES string of the molecule is COc1ccnc(C(F)(F)CCC(=O)N2CC3CCC(C2)N3c2ccc(C#N)cn2)c1. The van der Waals surface area contributed by atoms with E-state index in [1.54, 1.807) is 17.2 Å². The first-order valence-corrected chi connectivity index (χ1v) is 10.2. The van der Waals surface area contributed by atoms with E-state index in [-0.39, 0.29) is 24.4 Å². The van der Waals surface area contributed by atoms with E-state index in [9.17, 15) is 13.6 Å². The number of nitriles is 1. The van der Waals surface area contributed by atoms with Gasteiger partial charge >= 0.3 is 0 Å². The van der Waals surface area contributed by atoms with E-state index in [1.807, 2.05) is 6.07 Å². The Morgan fingerprint density at radius 2 is 2.00 bits per heavy atom. The van der Waals surface area contributed by atoms with Crippen LogP contribution in [0.2, 0.25) is 0 Å². The molecule has 0 aliphatic carbocycles. The molecule has 2 bridgehead atoms. The first-order chi connectivity index (χ1) is 14.9. The van der Waals surface area contributed by atoms with Crippen LogP contribution in [0.5, 0.6) is 5.75 Å². The van der Waals surface area contributed by atoms with Gasteiger partial charge in [0.05, 0.1) is 12.7 Å². The molecule has 162 valence electrons. The molecule has 0 radical (unpaired) electrons. The lowest BCUT2D eigenvalue weighted by Crippen LogP contribution is -2.55. The topological polar surface area (TPSA) is 82.4 Å². The van der Waals surface area contributed by atoms with Crippen LogP contribution >= 0.6 is 0 Å². The fourth-order valence-corrected chi connectivity index (χ4v) is 4.37. The molecular formula is C22H23F2N5O2. The number of methoxy groups -OCH3 is 1.